The van der Waals surface area contributed by atoms with E-state index in [0.717, 1.165) is 36.0 Å². The van der Waals surface area contributed by atoms with Gasteiger partial charge in [-0.15, -0.1) is 11.3 Å². The van der Waals surface area contributed by atoms with Crippen molar-refractivity contribution in [3.05, 3.63) is 39.3 Å². The predicted octanol–water partition coefficient (Wildman–Crippen LogP) is 4.35. The van der Waals surface area contributed by atoms with Crippen molar-refractivity contribution in [2.24, 2.45) is 0 Å². The molecular formula is C13H15Cl2N3S. The normalized spacial score (nSPS) is 10.7. The molecule has 2 N–H and O–H groups in total. The maximum absolute atomic E-state index is 5.97. The van der Waals surface area contributed by atoms with Crippen molar-refractivity contribution in [3.63, 3.8) is 0 Å². The van der Waals surface area contributed by atoms with Gasteiger partial charge in [-0.05, 0) is 24.7 Å². The molecule has 0 spiro atoms. The van der Waals surface area contributed by atoms with Crippen LogP contribution in [0.25, 0.3) is 0 Å². The van der Waals surface area contributed by atoms with Crippen LogP contribution < -0.4 is 10.6 Å². The second kappa shape index (κ2) is 7.10. The van der Waals surface area contributed by atoms with Crippen molar-refractivity contribution < 1.29 is 0 Å². The Hall–Kier alpha value is -0.810. The lowest BCUT2D eigenvalue weighted by Gasteiger charge is -2.03. The van der Waals surface area contributed by atoms with E-state index in [-0.39, 0.29) is 0 Å². The third-order valence-corrected chi connectivity index (χ3v) is 4.08. The number of benzene rings is 1. The minimum absolute atomic E-state index is 0.538. The molecule has 0 atom stereocenters. The molecule has 0 aliphatic heterocycles. The molecule has 1 heterocycles. The van der Waals surface area contributed by atoms with Crippen LogP contribution in [0.1, 0.15) is 12.6 Å². The molecule has 0 radical (unpaired) electrons. The van der Waals surface area contributed by atoms with Gasteiger partial charge in [-0.1, -0.05) is 30.1 Å². The molecule has 0 unspecified atom stereocenters. The zero-order chi connectivity index (χ0) is 13.7. The van der Waals surface area contributed by atoms with E-state index in [1.165, 1.54) is 0 Å². The third-order valence-electron chi connectivity index (χ3n) is 2.53. The highest BCUT2D eigenvalue weighted by Crippen LogP contribution is 2.28. The summed E-state index contributed by atoms with van der Waals surface area (Å²) in [7, 11) is 0. The van der Waals surface area contributed by atoms with Gasteiger partial charge in [-0.3, -0.25) is 0 Å². The van der Waals surface area contributed by atoms with Crippen molar-refractivity contribution in [2.75, 3.05) is 18.4 Å². The first-order valence-electron chi connectivity index (χ1n) is 6.06. The number of nitrogens with zero attached hydrogens (tertiary/aromatic N) is 1. The van der Waals surface area contributed by atoms with E-state index in [1.54, 1.807) is 23.5 Å². The lowest BCUT2D eigenvalue weighted by molar-refractivity contribution is 0.710. The van der Waals surface area contributed by atoms with Gasteiger partial charge in [-0.2, -0.15) is 0 Å². The van der Waals surface area contributed by atoms with E-state index in [1.807, 2.05) is 6.07 Å². The van der Waals surface area contributed by atoms with Gasteiger partial charge in [-0.25, -0.2) is 4.98 Å². The molecule has 0 amide bonds. The average Bonchev–Trinajstić information content (AvgIpc) is 2.82. The Balaban J connectivity index is 1.97. The Morgan fingerprint density at radius 1 is 1.26 bits per heavy atom. The highest BCUT2D eigenvalue weighted by atomic mass is 35.5. The molecule has 19 heavy (non-hydrogen) atoms. The Morgan fingerprint density at radius 3 is 2.84 bits per heavy atom. The van der Waals surface area contributed by atoms with Crippen molar-refractivity contribution >= 4 is 45.4 Å². The van der Waals surface area contributed by atoms with Gasteiger partial charge in [0.25, 0.3) is 0 Å². The number of aromatic nitrogens is 1. The van der Waals surface area contributed by atoms with E-state index >= 15 is 0 Å². The molecule has 0 bridgehead atoms. The second-order valence-electron chi connectivity index (χ2n) is 4.00. The first-order valence-corrected chi connectivity index (χ1v) is 7.70. The van der Waals surface area contributed by atoms with E-state index in [9.17, 15) is 0 Å². The number of halogens is 2. The van der Waals surface area contributed by atoms with Crippen LogP contribution in [-0.4, -0.2) is 18.1 Å². The van der Waals surface area contributed by atoms with E-state index in [4.69, 9.17) is 23.2 Å². The molecule has 1 aromatic carbocycles. The van der Waals surface area contributed by atoms with Crippen molar-refractivity contribution in [3.8, 4) is 0 Å². The fraction of sp³-hybridized carbons (Fsp3) is 0.308. The third kappa shape index (κ3) is 4.35. The summed E-state index contributed by atoms with van der Waals surface area (Å²) in [6, 6.07) is 5.45. The first kappa shape index (κ1) is 14.6. The summed E-state index contributed by atoms with van der Waals surface area (Å²) in [6.45, 7) is 4.03. The van der Waals surface area contributed by atoms with Crippen LogP contribution in [0.5, 0.6) is 0 Å². The summed E-state index contributed by atoms with van der Waals surface area (Å²) in [6.07, 6.45) is 0.938. The summed E-state index contributed by atoms with van der Waals surface area (Å²) in [5.41, 5.74) is 1.98. The monoisotopic (exact) mass is 315 g/mol. The smallest absolute Gasteiger partial charge is 0.187 e. The minimum Gasteiger partial charge on any atom is -0.331 e. The molecule has 1 aromatic heterocycles. The number of thiazole rings is 1. The van der Waals surface area contributed by atoms with Crippen LogP contribution >= 0.6 is 34.5 Å². The molecule has 0 aliphatic carbocycles. The SMILES string of the molecule is CCNCCc1csc(Nc2ccc(Cl)c(Cl)c2)n1. The second-order valence-corrected chi connectivity index (χ2v) is 5.67. The first-order chi connectivity index (χ1) is 9.19. The Labute approximate surface area is 127 Å². The minimum atomic E-state index is 0.538. The van der Waals surface area contributed by atoms with Crippen molar-refractivity contribution in [1.29, 1.82) is 0 Å². The predicted molar refractivity (Wildman–Crippen MR) is 84.1 cm³/mol. The van der Waals surface area contributed by atoms with E-state index in [0.29, 0.717) is 10.0 Å². The van der Waals surface area contributed by atoms with Crippen LogP contribution in [0.3, 0.4) is 0 Å². The van der Waals surface area contributed by atoms with E-state index < -0.39 is 0 Å². The van der Waals surface area contributed by atoms with Crippen LogP contribution in [0, 0.1) is 0 Å². The number of hydrogen-bond acceptors (Lipinski definition) is 4. The molecule has 2 rings (SSSR count). The van der Waals surface area contributed by atoms with Gasteiger partial charge in [0.1, 0.15) is 0 Å². The summed E-state index contributed by atoms with van der Waals surface area (Å²) in [4.78, 5) is 4.52. The number of hydrogen-bond donors (Lipinski definition) is 2. The van der Waals surface area contributed by atoms with Crippen molar-refractivity contribution in [1.82, 2.24) is 10.3 Å². The van der Waals surface area contributed by atoms with E-state index in [2.05, 4.69) is 27.9 Å². The zero-order valence-corrected chi connectivity index (χ0v) is 12.9. The number of likely N-dealkylation sites (N-methyl/N-ethyl adjacent to an activating group) is 1. The van der Waals surface area contributed by atoms with Crippen LogP contribution in [0.15, 0.2) is 23.6 Å². The summed E-state index contributed by atoms with van der Waals surface area (Å²) >= 11 is 13.4. The standard InChI is InChI=1S/C13H15Cl2N3S/c1-2-16-6-5-10-8-19-13(18-10)17-9-3-4-11(14)12(15)7-9/h3-4,7-8,16H,2,5-6H2,1H3,(H,17,18). The van der Waals surface area contributed by atoms with Gasteiger partial charge in [0, 0.05) is 24.0 Å². The number of nitrogens with one attached hydrogen (secondary N) is 2. The van der Waals surface area contributed by atoms with Gasteiger partial charge in [0.2, 0.25) is 0 Å². The summed E-state index contributed by atoms with van der Waals surface area (Å²) in [5, 5.41) is 10.5. The number of rotatable bonds is 6. The van der Waals surface area contributed by atoms with Crippen molar-refractivity contribution in [2.45, 2.75) is 13.3 Å². The van der Waals surface area contributed by atoms with Gasteiger partial charge in [0.05, 0.1) is 15.7 Å². The molecule has 0 saturated carbocycles. The highest BCUT2D eigenvalue weighted by molar-refractivity contribution is 7.13. The molecule has 0 saturated heterocycles. The Morgan fingerprint density at radius 2 is 2.11 bits per heavy atom. The maximum Gasteiger partial charge on any atom is 0.187 e. The Bertz CT molecular complexity index is 542. The molecular weight excluding hydrogens is 301 g/mol. The fourth-order valence-corrected chi connectivity index (χ4v) is 2.63. The molecule has 6 heteroatoms. The highest BCUT2D eigenvalue weighted by Gasteiger charge is 2.04. The number of anilines is 2. The molecule has 0 fully saturated rings. The van der Waals surface area contributed by atoms with Gasteiger partial charge in [0.15, 0.2) is 5.13 Å². The fourth-order valence-electron chi connectivity index (χ4n) is 1.57. The molecule has 3 nitrogen and oxygen atoms in total. The zero-order valence-electron chi connectivity index (χ0n) is 10.5. The topological polar surface area (TPSA) is 37.0 Å². The quantitative estimate of drug-likeness (QED) is 0.778. The average molecular weight is 316 g/mol. The van der Waals surface area contributed by atoms with Crippen LogP contribution in [0.2, 0.25) is 10.0 Å². The molecule has 2 aromatic rings. The van der Waals surface area contributed by atoms with Gasteiger partial charge >= 0.3 is 0 Å². The summed E-state index contributed by atoms with van der Waals surface area (Å²) in [5.74, 6) is 0. The lowest BCUT2D eigenvalue weighted by atomic mass is 10.3. The summed E-state index contributed by atoms with van der Waals surface area (Å²) < 4.78 is 0. The van der Waals surface area contributed by atoms with Gasteiger partial charge < -0.3 is 10.6 Å². The largest absolute Gasteiger partial charge is 0.331 e. The molecule has 102 valence electrons. The lowest BCUT2D eigenvalue weighted by Crippen LogP contribution is -2.16. The van der Waals surface area contributed by atoms with Crippen LogP contribution in [-0.2, 0) is 6.42 Å². The maximum atomic E-state index is 5.97. The van der Waals surface area contributed by atoms with Crippen LogP contribution in [0.4, 0.5) is 10.8 Å². The Kier molecular flexibility index (Phi) is 5.45. The molecule has 0 aliphatic rings.